The minimum Gasteiger partial charge on any atom is -0.398 e. The molecule has 0 amide bonds. The first kappa shape index (κ1) is 17.3. The third-order valence-corrected chi connectivity index (χ3v) is 4.57. The minimum absolute atomic E-state index is 0.413. The van der Waals surface area contributed by atoms with E-state index in [1.807, 2.05) is 24.9 Å². The summed E-state index contributed by atoms with van der Waals surface area (Å²) in [5, 5.41) is 14.4. The van der Waals surface area contributed by atoms with Gasteiger partial charge in [0, 0.05) is 23.9 Å². The van der Waals surface area contributed by atoms with Crippen molar-refractivity contribution in [2.75, 3.05) is 0 Å². The quantitative estimate of drug-likeness (QED) is 0.892. The number of aliphatic hydroxyl groups is 1. The summed E-state index contributed by atoms with van der Waals surface area (Å²) < 4.78 is 5.26. The number of rotatable bonds is 4. The molecule has 132 valence electrons. The third-order valence-electron chi connectivity index (χ3n) is 4.57. The molecule has 1 atom stereocenters. The Morgan fingerprint density at radius 3 is 2.48 bits per heavy atom. The fourth-order valence-electron chi connectivity index (χ4n) is 3.11. The Balaban J connectivity index is 1.88. The van der Waals surface area contributed by atoms with Gasteiger partial charge in [-0.3, -0.25) is 0 Å². The van der Waals surface area contributed by atoms with Gasteiger partial charge in [-0.25, -0.2) is 0 Å². The van der Waals surface area contributed by atoms with Gasteiger partial charge < -0.3 is 20.3 Å². The summed E-state index contributed by atoms with van der Waals surface area (Å²) in [5.41, 5.74) is 11.5. The lowest BCUT2D eigenvalue weighted by Gasteiger charge is -2.31. The molecule has 2 heterocycles. The maximum atomic E-state index is 10.4. The fraction of sp³-hybridized carbons (Fsp3) is 0.350. The number of nitrogens with two attached hydrogens (primary N) is 1. The smallest absolute Gasteiger partial charge is 0.167 e. The van der Waals surface area contributed by atoms with Crippen molar-refractivity contribution in [3.63, 3.8) is 0 Å². The van der Waals surface area contributed by atoms with E-state index in [-0.39, 0.29) is 0 Å². The molecule has 25 heavy (non-hydrogen) atoms. The van der Waals surface area contributed by atoms with Crippen LogP contribution in [0.4, 0.5) is 0 Å². The molecule has 0 bridgehead atoms. The summed E-state index contributed by atoms with van der Waals surface area (Å²) in [6.45, 7) is 8.69. The molecule has 0 saturated heterocycles. The number of aliphatic hydroxyl groups excluding tert-OH is 1. The van der Waals surface area contributed by atoms with Crippen LogP contribution in [0.3, 0.4) is 0 Å². The lowest BCUT2D eigenvalue weighted by atomic mass is 10.00. The van der Waals surface area contributed by atoms with Crippen LogP contribution in [-0.2, 0) is 6.54 Å². The van der Waals surface area contributed by atoms with Gasteiger partial charge in [0.05, 0.1) is 11.4 Å². The van der Waals surface area contributed by atoms with Crippen LogP contribution in [-0.4, -0.2) is 21.4 Å². The number of aromatic nitrogens is 1. The van der Waals surface area contributed by atoms with Gasteiger partial charge in [0.25, 0.3) is 0 Å². The van der Waals surface area contributed by atoms with Gasteiger partial charge in [-0.15, -0.1) is 0 Å². The maximum Gasteiger partial charge on any atom is 0.167 e. The van der Waals surface area contributed by atoms with Crippen molar-refractivity contribution in [2.45, 2.75) is 46.4 Å². The molecule has 0 spiro atoms. The van der Waals surface area contributed by atoms with Crippen LogP contribution in [0.15, 0.2) is 46.8 Å². The van der Waals surface area contributed by atoms with Crippen molar-refractivity contribution < 1.29 is 9.63 Å². The van der Waals surface area contributed by atoms with Gasteiger partial charge in [-0.2, -0.15) is 0 Å². The van der Waals surface area contributed by atoms with Gasteiger partial charge in [0.2, 0.25) is 0 Å². The normalized spacial score (nSPS) is 17.7. The lowest BCUT2D eigenvalue weighted by Crippen LogP contribution is -2.37. The topological polar surface area (TPSA) is 75.5 Å². The Bertz CT molecular complexity index is 796. The molecule has 2 aromatic rings. The van der Waals surface area contributed by atoms with Gasteiger partial charge in [0.15, 0.2) is 6.23 Å². The number of aryl methyl sites for hydroxylation is 2. The zero-order valence-corrected chi connectivity index (χ0v) is 15.2. The number of hydrogen-bond acceptors (Lipinski definition) is 5. The van der Waals surface area contributed by atoms with E-state index in [1.54, 1.807) is 6.08 Å². The van der Waals surface area contributed by atoms with Gasteiger partial charge >= 0.3 is 0 Å². The van der Waals surface area contributed by atoms with Crippen molar-refractivity contribution in [3.05, 3.63) is 70.4 Å². The third kappa shape index (κ3) is 3.46. The number of hydrogen-bond donors (Lipinski definition) is 2. The minimum atomic E-state index is -0.839. The van der Waals surface area contributed by atoms with Gasteiger partial charge in [-0.1, -0.05) is 43.3 Å². The Labute approximate surface area is 148 Å². The number of nitrogens with zero attached hydrogens (tertiary/aromatic N) is 2. The molecule has 0 fully saturated rings. The molecule has 3 rings (SSSR count). The zero-order chi connectivity index (χ0) is 18.1. The summed E-state index contributed by atoms with van der Waals surface area (Å²) in [6, 6.07) is 8.46. The van der Waals surface area contributed by atoms with Gasteiger partial charge in [-0.05, 0) is 37.0 Å². The largest absolute Gasteiger partial charge is 0.398 e. The lowest BCUT2D eigenvalue weighted by molar-refractivity contribution is 0.0612. The average Bonchev–Trinajstić information content (AvgIpc) is 2.91. The molecular weight excluding hydrogens is 314 g/mol. The highest BCUT2D eigenvalue weighted by atomic mass is 16.5. The van der Waals surface area contributed by atoms with E-state index in [1.165, 1.54) is 5.56 Å². The van der Waals surface area contributed by atoms with E-state index in [9.17, 15) is 5.11 Å². The van der Waals surface area contributed by atoms with Crippen molar-refractivity contribution in [3.8, 4) is 0 Å². The van der Waals surface area contributed by atoms with Crippen LogP contribution in [0.2, 0.25) is 0 Å². The number of allylic oxidation sites excluding steroid dienone is 2. The average molecular weight is 339 g/mol. The SMILES string of the molecule is Cc1noc(C)c1C1=CN(Cc2ccc(C(C)C)cc2)C(O)C(N)=C1. The first-order chi connectivity index (χ1) is 11.9. The molecular formula is C20H25N3O2. The van der Waals surface area contributed by atoms with Gasteiger partial charge in [0.1, 0.15) is 5.76 Å². The molecule has 3 N–H and O–H groups in total. The van der Waals surface area contributed by atoms with Crippen LogP contribution in [0.1, 0.15) is 47.9 Å². The Morgan fingerprint density at radius 1 is 1.24 bits per heavy atom. The van der Waals surface area contributed by atoms with E-state index in [2.05, 4.69) is 43.3 Å². The molecule has 1 aromatic heterocycles. The summed E-state index contributed by atoms with van der Waals surface area (Å²) >= 11 is 0. The zero-order valence-electron chi connectivity index (χ0n) is 15.2. The van der Waals surface area contributed by atoms with Crippen molar-refractivity contribution in [1.29, 1.82) is 0 Å². The standard InChI is InChI=1S/C20H25N3O2/c1-12(2)16-7-5-15(6-8-16)10-23-11-17(9-18(21)20(23)24)19-13(3)22-25-14(19)4/h5-9,11-12,20,24H,10,21H2,1-4H3. The molecule has 5 heteroatoms. The second kappa shape index (κ2) is 6.76. The first-order valence-corrected chi connectivity index (χ1v) is 8.51. The molecule has 1 aliphatic heterocycles. The summed E-state index contributed by atoms with van der Waals surface area (Å²) in [7, 11) is 0. The summed E-state index contributed by atoms with van der Waals surface area (Å²) in [6.07, 6.45) is 2.87. The molecule has 0 saturated carbocycles. The molecule has 1 aliphatic rings. The van der Waals surface area contributed by atoms with E-state index in [4.69, 9.17) is 10.3 Å². The predicted octanol–water partition coefficient (Wildman–Crippen LogP) is 3.43. The van der Waals surface area contributed by atoms with E-state index < -0.39 is 6.23 Å². The molecule has 0 radical (unpaired) electrons. The Morgan fingerprint density at radius 2 is 1.92 bits per heavy atom. The monoisotopic (exact) mass is 339 g/mol. The van der Waals surface area contributed by atoms with Crippen LogP contribution < -0.4 is 5.73 Å². The highest BCUT2D eigenvalue weighted by Gasteiger charge is 2.24. The second-order valence-electron chi connectivity index (χ2n) is 6.87. The molecule has 0 aliphatic carbocycles. The van der Waals surface area contributed by atoms with Crippen molar-refractivity contribution in [2.24, 2.45) is 5.73 Å². The van der Waals surface area contributed by atoms with Crippen LogP contribution >= 0.6 is 0 Å². The molecule has 1 aromatic carbocycles. The van der Waals surface area contributed by atoms with E-state index >= 15 is 0 Å². The molecule has 5 nitrogen and oxygen atoms in total. The van der Waals surface area contributed by atoms with Crippen molar-refractivity contribution >= 4 is 5.57 Å². The Kier molecular flexibility index (Phi) is 4.68. The Hall–Kier alpha value is -2.53. The second-order valence-corrected chi connectivity index (χ2v) is 6.87. The molecule has 1 unspecified atom stereocenters. The van der Waals surface area contributed by atoms with Crippen LogP contribution in [0, 0.1) is 13.8 Å². The number of benzene rings is 1. The van der Waals surface area contributed by atoms with E-state index in [0.29, 0.717) is 18.2 Å². The van der Waals surface area contributed by atoms with Crippen LogP contribution in [0.25, 0.3) is 5.57 Å². The first-order valence-electron chi connectivity index (χ1n) is 8.51. The van der Waals surface area contributed by atoms with Crippen molar-refractivity contribution in [1.82, 2.24) is 10.1 Å². The summed E-state index contributed by atoms with van der Waals surface area (Å²) in [5.74, 6) is 1.24. The maximum absolute atomic E-state index is 10.4. The predicted molar refractivity (Wildman–Crippen MR) is 98.3 cm³/mol. The highest BCUT2D eigenvalue weighted by Crippen LogP contribution is 2.29. The highest BCUT2D eigenvalue weighted by molar-refractivity contribution is 5.77. The fourth-order valence-corrected chi connectivity index (χ4v) is 3.11. The van der Waals surface area contributed by atoms with E-state index in [0.717, 1.165) is 28.2 Å². The summed E-state index contributed by atoms with van der Waals surface area (Å²) in [4.78, 5) is 1.83. The van der Waals surface area contributed by atoms with Crippen LogP contribution in [0.5, 0.6) is 0 Å².